The Labute approximate surface area is 120 Å². The topological polar surface area (TPSA) is 26.3 Å². The van der Waals surface area contributed by atoms with Crippen molar-refractivity contribution in [3.63, 3.8) is 0 Å². The first-order valence-corrected chi connectivity index (χ1v) is 8.17. The van der Waals surface area contributed by atoms with Crippen molar-refractivity contribution < 1.29 is 9.53 Å². The van der Waals surface area contributed by atoms with E-state index in [4.69, 9.17) is 4.74 Å². The summed E-state index contributed by atoms with van der Waals surface area (Å²) in [5.41, 5.74) is -0.271. The SMILES string of the molecule is CCCCCCCC(C)(CCCC)C(=O)OC(C)C. The number of esters is 1. The van der Waals surface area contributed by atoms with Crippen LogP contribution in [0.1, 0.15) is 92.4 Å². The van der Waals surface area contributed by atoms with Crippen molar-refractivity contribution in [2.24, 2.45) is 5.41 Å². The summed E-state index contributed by atoms with van der Waals surface area (Å²) in [6, 6.07) is 0. The minimum absolute atomic E-state index is 0.00596. The Morgan fingerprint density at radius 1 is 0.947 bits per heavy atom. The van der Waals surface area contributed by atoms with E-state index < -0.39 is 0 Å². The van der Waals surface area contributed by atoms with Gasteiger partial charge in [-0.25, -0.2) is 0 Å². The van der Waals surface area contributed by atoms with Crippen LogP contribution in [0.5, 0.6) is 0 Å². The number of carbonyl (C=O) groups excluding carboxylic acids is 1. The summed E-state index contributed by atoms with van der Waals surface area (Å²) in [5.74, 6) is 0.00596. The molecule has 0 aliphatic rings. The van der Waals surface area contributed by atoms with E-state index in [1.54, 1.807) is 0 Å². The molecule has 0 fully saturated rings. The maximum absolute atomic E-state index is 12.3. The van der Waals surface area contributed by atoms with Gasteiger partial charge in [-0.15, -0.1) is 0 Å². The average Bonchev–Trinajstić information content (AvgIpc) is 2.35. The Morgan fingerprint density at radius 3 is 2.00 bits per heavy atom. The van der Waals surface area contributed by atoms with Crippen LogP contribution in [0.2, 0.25) is 0 Å². The van der Waals surface area contributed by atoms with Crippen LogP contribution in [0, 0.1) is 5.41 Å². The first-order chi connectivity index (χ1) is 8.96. The third-order valence-electron chi connectivity index (χ3n) is 3.75. The fourth-order valence-corrected chi connectivity index (χ4v) is 2.37. The van der Waals surface area contributed by atoms with Gasteiger partial charge < -0.3 is 4.74 Å². The first kappa shape index (κ1) is 18.5. The lowest BCUT2D eigenvalue weighted by molar-refractivity contribution is -0.160. The highest BCUT2D eigenvalue weighted by Crippen LogP contribution is 2.33. The molecule has 2 nitrogen and oxygen atoms in total. The molecule has 0 aromatic rings. The Bertz CT molecular complexity index is 235. The van der Waals surface area contributed by atoms with Crippen molar-refractivity contribution in [3.8, 4) is 0 Å². The molecule has 1 unspecified atom stereocenters. The lowest BCUT2D eigenvalue weighted by atomic mass is 9.80. The highest BCUT2D eigenvalue weighted by atomic mass is 16.5. The lowest BCUT2D eigenvalue weighted by Gasteiger charge is -2.28. The maximum atomic E-state index is 12.3. The van der Waals surface area contributed by atoms with Gasteiger partial charge in [0.1, 0.15) is 0 Å². The van der Waals surface area contributed by atoms with Gasteiger partial charge >= 0.3 is 5.97 Å². The van der Waals surface area contributed by atoms with Crippen molar-refractivity contribution in [2.75, 3.05) is 0 Å². The third kappa shape index (κ3) is 8.28. The van der Waals surface area contributed by atoms with Gasteiger partial charge in [-0.05, 0) is 33.6 Å². The monoisotopic (exact) mass is 270 g/mol. The van der Waals surface area contributed by atoms with E-state index in [0.717, 1.165) is 32.1 Å². The predicted molar refractivity (Wildman–Crippen MR) is 82.2 cm³/mol. The summed E-state index contributed by atoms with van der Waals surface area (Å²) >= 11 is 0. The van der Waals surface area contributed by atoms with E-state index in [2.05, 4.69) is 20.8 Å². The van der Waals surface area contributed by atoms with Gasteiger partial charge in [0.2, 0.25) is 0 Å². The van der Waals surface area contributed by atoms with Crippen LogP contribution in [0.4, 0.5) is 0 Å². The molecule has 0 heterocycles. The standard InChI is InChI=1S/C17H34O2/c1-6-8-10-11-12-14-17(5,13-9-7-2)16(18)19-15(3)4/h15H,6-14H2,1-5H3. The van der Waals surface area contributed by atoms with E-state index in [0.29, 0.717) is 0 Å². The quantitative estimate of drug-likeness (QED) is 0.366. The Kier molecular flexibility index (Phi) is 9.99. The molecule has 0 rings (SSSR count). The van der Waals surface area contributed by atoms with Gasteiger partial charge in [-0.1, -0.05) is 58.8 Å². The van der Waals surface area contributed by atoms with E-state index in [9.17, 15) is 4.79 Å². The van der Waals surface area contributed by atoms with Crippen LogP contribution in [0.15, 0.2) is 0 Å². The van der Waals surface area contributed by atoms with E-state index in [1.807, 2.05) is 13.8 Å². The molecule has 0 aliphatic heterocycles. The molecule has 0 aliphatic carbocycles. The summed E-state index contributed by atoms with van der Waals surface area (Å²) in [4.78, 5) is 12.3. The van der Waals surface area contributed by atoms with Crippen LogP contribution < -0.4 is 0 Å². The van der Waals surface area contributed by atoms with Gasteiger partial charge in [0.25, 0.3) is 0 Å². The smallest absolute Gasteiger partial charge is 0.312 e. The second kappa shape index (κ2) is 10.3. The molecule has 0 amide bonds. The molecule has 114 valence electrons. The molecule has 0 aromatic heterocycles. The highest BCUT2D eigenvalue weighted by Gasteiger charge is 2.34. The molecule has 19 heavy (non-hydrogen) atoms. The van der Waals surface area contributed by atoms with Gasteiger partial charge in [0, 0.05) is 0 Å². The number of unbranched alkanes of at least 4 members (excludes halogenated alkanes) is 5. The van der Waals surface area contributed by atoms with Gasteiger partial charge in [-0.2, -0.15) is 0 Å². The molecule has 2 heteroatoms. The maximum Gasteiger partial charge on any atom is 0.312 e. The zero-order valence-corrected chi connectivity index (χ0v) is 13.8. The first-order valence-electron chi connectivity index (χ1n) is 8.17. The predicted octanol–water partition coefficient (Wildman–Crippen LogP) is 5.50. The van der Waals surface area contributed by atoms with Gasteiger partial charge in [-0.3, -0.25) is 4.79 Å². The molecule has 0 saturated carbocycles. The van der Waals surface area contributed by atoms with Crippen molar-refractivity contribution in [1.82, 2.24) is 0 Å². The second-order valence-electron chi connectivity index (χ2n) is 6.28. The summed E-state index contributed by atoms with van der Waals surface area (Å²) in [6.07, 6.45) is 10.4. The van der Waals surface area contributed by atoms with E-state index >= 15 is 0 Å². The molecule has 0 aromatic carbocycles. The highest BCUT2D eigenvalue weighted by molar-refractivity contribution is 5.76. The minimum Gasteiger partial charge on any atom is -0.463 e. The van der Waals surface area contributed by atoms with Gasteiger partial charge in [0.05, 0.1) is 11.5 Å². The van der Waals surface area contributed by atoms with Crippen molar-refractivity contribution in [1.29, 1.82) is 0 Å². The second-order valence-corrected chi connectivity index (χ2v) is 6.28. The van der Waals surface area contributed by atoms with E-state index in [1.165, 1.54) is 25.7 Å². The largest absolute Gasteiger partial charge is 0.463 e. The molecule has 1 atom stereocenters. The molecule has 0 bridgehead atoms. The summed E-state index contributed by atoms with van der Waals surface area (Å²) in [5, 5.41) is 0. The third-order valence-corrected chi connectivity index (χ3v) is 3.75. The number of rotatable bonds is 11. The molecular formula is C17H34O2. The fourth-order valence-electron chi connectivity index (χ4n) is 2.37. The molecule has 0 spiro atoms. The van der Waals surface area contributed by atoms with Crippen molar-refractivity contribution >= 4 is 5.97 Å². The zero-order valence-electron chi connectivity index (χ0n) is 13.8. The van der Waals surface area contributed by atoms with Gasteiger partial charge in [0.15, 0.2) is 0 Å². The van der Waals surface area contributed by atoms with Crippen LogP contribution in [-0.4, -0.2) is 12.1 Å². The minimum atomic E-state index is -0.271. The summed E-state index contributed by atoms with van der Waals surface area (Å²) in [6.45, 7) is 10.4. The molecule has 0 N–H and O–H groups in total. The molecule has 0 saturated heterocycles. The summed E-state index contributed by atoms with van der Waals surface area (Å²) < 4.78 is 5.45. The zero-order chi connectivity index (χ0) is 14.7. The van der Waals surface area contributed by atoms with Crippen molar-refractivity contribution in [3.05, 3.63) is 0 Å². The summed E-state index contributed by atoms with van der Waals surface area (Å²) in [7, 11) is 0. The number of ether oxygens (including phenoxy) is 1. The number of hydrogen-bond acceptors (Lipinski definition) is 2. The van der Waals surface area contributed by atoms with Crippen LogP contribution >= 0.6 is 0 Å². The number of hydrogen-bond donors (Lipinski definition) is 0. The molecular weight excluding hydrogens is 236 g/mol. The fraction of sp³-hybridized carbons (Fsp3) is 0.941. The van der Waals surface area contributed by atoms with E-state index in [-0.39, 0.29) is 17.5 Å². The normalized spacial score (nSPS) is 14.4. The van der Waals surface area contributed by atoms with Crippen LogP contribution in [-0.2, 0) is 9.53 Å². The van der Waals surface area contributed by atoms with Crippen LogP contribution in [0.3, 0.4) is 0 Å². The van der Waals surface area contributed by atoms with Crippen LogP contribution in [0.25, 0.3) is 0 Å². The Balaban J connectivity index is 4.28. The Morgan fingerprint density at radius 2 is 1.47 bits per heavy atom. The lowest BCUT2D eigenvalue weighted by Crippen LogP contribution is -2.32. The number of carbonyl (C=O) groups is 1. The molecule has 0 radical (unpaired) electrons. The average molecular weight is 270 g/mol. The van der Waals surface area contributed by atoms with Crippen molar-refractivity contribution in [2.45, 2.75) is 98.5 Å². The Hall–Kier alpha value is -0.530.